The third-order valence-electron chi connectivity index (χ3n) is 6.46. The van der Waals surface area contributed by atoms with E-state index in [1.807, 2.05) is 6.07 Å². The van der Waals surface area contributed by atoms with E-state index in [2.05, 4.69) is 25.0 Å². The van der Waals surface area contributed by atoms with Gasteiger partial charge in [-0.05, 0) is 17.4 Å². The van der Waals surface area contributed by atoms with Gasteiger partial charge in [0.05, 0.1) is 20.0 Å². The molecule has 4 N–H and O–H groups in total. The molecule has 4 aromatic rings. The van der Waals surface area contributed by atoms with Crippen LogP contribution >= 0.6 is 7.75 Å². The molecule has 1 aliphatic rings. The highest BCUT2D eigenvalue weighted by atomic mass is 31.2. The summed E-state index contributed by atoms with van der Waals surface area (Å²) in [5.41, 5.74) is 7.39. The summed E-state index contributed by atoms with van der Waals surface area (Å²) in [6, 6.07) is 8.99. The fraction of sp³-hybridized carbons (Fsp3) is 0.391. The summed E-state index contributed by atoms with van der Waals surface area (Å²) < 4.78 is 48.4. The molecule has 16 nitrogen and oxygen atoms in total. The zero-order chi connectivity index (χ0) is 29.3. The lowest BCUT2D eigenvalue weighted by molar-refractivity contribution is -0.396. The van der Waals surface area contributed by atoms with Gasteiger partial charge in [0.2, 0.25) is 0 Å². The molecule has 0 radical (unpaired) electrons. The van der Waals surface area contributed by atoms with E-state index < -0.39 is 49.8 Å². The van der Waals surface area contributed by atoms with Crippen molar-refractivity contribution in [1.82, 2.24) is 34.2 Å². The van der Waals surface area contributed by atoms with E-state index in [1.165, 1.54) is 28.7 Å². The van der Waals surface area contributed by atoms with Gasteiger partial charge in [-0.1, -0.05) is 35.3 Å². The van der Waals surface area contributed by atoms with Gasteiger partial charge < -0.3 is 25.7 Å². The molecule has 218 valence electrons. The minimum atomic E-state index is -4.15. The number of nitrogens with two attached hydrogens (primary N) is 1. The molecular formula is C23H27FN9O7P. The summed E-state index contributed by atoms with van der Waals surface area (Å²) in [6.45, 7) is 0.810. The molecule has 4 heterocycles. The molecule has 2 unspecified atom stereocenters. The average molecular weight is 591 g/mol. The zero-order valence-electron chi connectivity index (χ0n) is 21.9. The fourth-order valence-corrected chi connectivity index (χ4v) is 5.55. The normalized spacial score (nSPS) is 22.2. The van der Waals surface area contributed by atoms with Crippen LogP contribution in [0.5, 0.6) is 0 Å². The number of anilines is 1. The Morgan fingerprint density at radius 1 is 1.27 bits per heavy atom. The molecule has 0 saturated carbocycles. The Labute approximate surface area is 232 Å². The van der Waals surface area contributed by atoms with Crippen LogP contribution in [0.25, 0.3) is 11.2 Å². The first kappa shape index (κ1) is 28.7. The Morgan fingerprint density at radius 2 is 2.02 bits per heavy atom. The lowest BCUT2D eigenvalue weighted by Gasteiger charge is -2.22. The number of nitrogens with one attached hydrogen (secondary N) is 1. The third-order valence-corrected chi connectivity index (χ3v) is 7.97. The van der Waals surface area contributed by atoms with Crippen LogP contribution in [0.4, 0.5) is 16.2 Å². The van der Waals surface area contributed by atoms with E-state index in [-0.39, 0.29) is 35.8 Å². The monoisotopic (exact) mass is 591 g/mol. The lowest BCUT2D eigenvalue weighted by atomic mass is 10.1. The van der Waals surface area contributed by atoms with Crippen molar-refractivity contribution < 1.29 is 32.8 Å². The van der Waals surface area contributed by atoms with Gasteiger partial charge in [-0.15, -0.1) is 0 Å². The number of hydrogen-bond acceptors (Lipinski definition) is 12. The van der Waals surface area contributed by atoms with E-state index in [0.717, 1.165) is 5.56 Å². The number of hydrogen-bond donors (Lipinski definition) is 3. The maximum atomic E-state index is 15.3. The van der Waals surface area contributed by atoms with Crippen molar-refractivity contribution in [2.45, 2.75) is 44.7 Å². The molecule has 0 amide bonds. The third kappa shape index (κ3) is 5.95. The number of imidazole rings is 2. The second-order valence-electron chi connectivity index (χ2n) is 9.23. The van der Waals surface area contributed by atoms with E-state index in [4.69, 9.17) is 19.5 Å². The maximum absolute atomic E-state index is 15.3. The molecule has 1 saturated heterocycles. The van der Waals surface area contributed by atoms with Crippen LogP contribution in [-0.4, -0.2) is 64.1 Å². The topological polar surface area (TPSA) is 208 Å². The van der Waals surface area contributed by atoms with Gasteiger partial charge in [-0.2, -0.15) is 0 Å². The van der Waals surface area contributed by atoms with Crippen molar-refractivity contribution in [2.24, 2.45) is 7.05 Å². The number of halogens is 1. The largest absolute Gasteiger partial charge is 0.434 e. The lowest BCUT2D eigenvalue weighted by Crippen LogP contribution is -2.32. The number of aromatic nitrogens is 6. The molecule has 0 spiro atoms. The van der Waals surface area contributed by atoms with Crippen LogP contribution in [0.2, 0.25) is 0 Å². The second kappa shape index (κ2) is 11.6. The Hall–Kier alpha value is -3.86. The number of aryl methyl sites for hydroxylation is 1. The van der Waals surface area contributed by atoms with Crippen molar-refractivity contribution in [3.8, 4) is 0 Å². The van der Waals surface area contributed by atoms with E-state index in [9.17, 15) is 19.8 Å². The molecule has 41 heavy (non-hydrogen) atoms. The van der Waals surface area contributed by atoms with Crippen LogP contribution < -0.4 is 10.8 Å². The highest BCUT2D eigenvalue weighted by Crippen LogP contribution is 2.46. The van der Waals surface area contributed by atoms with Gasteiger partial charge >= 0.3 is 13.7 Å². The van der Waals surface area contributed by atoms with Gasteiger partial charge in [-0.25, -0.2) is 33.6 Å². The molecule has 18 heteroatoms. The van der Waals surface area contributed by atoms with Crippen LogP contribution in [-0.2, 0) is 38.5 Å². The molecular weight excluding hydrogens is 564 g/mol. The number of fused-ring (bicyclic) bond motifs is 1. The second-order valence-corrected chi connectivity index (χ2v) is 11.1. The average Bonchev–Trinajstić information content (AvgIpc) is 3.62. The quantitative estimate of drug-likeness (QED) is 0.130. The van der Waals surface area contributed by atoms with Crippen LogP contribution in [0.15, 0.2) is 42.9 Å². The molecule has 5 rings (SSSR count). The van der Waals surface area contributed by atoms with E-state index in [0.29, 0.717) is 5.82 Å². The minimum absolute atomic E-state index is 0.0770. The maximum Gasteiger partial charge on any atom is 0.434 e. The SMILES string of the molecule is Cc1nc(N)c2ncn([C@@H]3O[C@H](COP(=O)(NCc4ccccc4)OCc4cnc([N+](=O)[O-])n4C)C(O)[C@H]3F)c2n1. The standard InChI is InChI=1S/C23H27FN9O7P/c1-13-29-20(25)18-21(30-13)32(12-27-18)22-17(24)19(34)16(40-22)11-39-41(37,28-8-14-6-4-3-5-7-14)38-10-15-9-26-23(31(15)2)33(35)36/h3-7,9,12,16-17,19,22,34H,8,10-11H2,1-2H3,(H,28,37)(H2,25,29,30)/t16-,17-,19?,22-,41?/m1/s1. The number of nitro groups is 1. The molecule has 5 atom stereocenters. The minimum Gasteiger partial charge on any atom is -0.390 e. The first-order valence-corrected chi connectivity index (χ1v) is 13.9. The zero-order valence-corrected chi connectivity index (χ0v) is 22.8. The van der Waals surface area contributed by atoms with Gasteiger partial charge in [0.1, 0.15) is 42.0 Å². The number of ether oxygens (including phenoxy) is 1. The predicted molar refractivity (Wildman–Crippen MR) is 141 cm³/mol. The van der Waals surface area contributed by atoms with Crippen molar-refractivity contribution in [3.63, 3.8) is 0 Å². The number of alkyl halides is 1. The van der Waals surface area contributed by atoms with Crippen LogP contribution in [0.1, 0.15) is 23.3 Å². The summed E-state index contributed by atoms with van der Waals surface area (Å²) in [4.78, 5) is 26.6. The molecule has 1 aliphatic heterocycles. The summed E-state index contributed by atoms with van der Waals surface area (Å²) >= 11 is 0. The highest BCUT2D eigenvalue weighted by Gasteiger charge is 2.47. The number of nitrogen functional groups attached to an aromatic ring is 1. The van der Waals surface area contributed by atoms with Crippen molar-refractivity contribution in [1.29, 1.82) is 0 Å². The number of rotatable bonds is 11. The number of benzene rings is 1. The van der Waals surface area contributed by atoms with Crippen LogP contribution in [0, 0.1) is 17.0 Å². The molecule has 1 fully saturated rings. The number of aliphatic hydroxyl groups is 1. The summed E-state index contributed by atoms with van der Waals surface area (Å²) in [6.07, 6.45) is -3.64. The van der Waals surface area contributed by atoms with Crippen molar-refractivity contribution >= 4 is 30.7 Å². The van der Waals surface area contributed by atoms with E-state index >= 15 is 4.39 Å². The molecule has 3 aromatic heterocycles. The van der Waals surface area contributed by atoms with Gasteiger partial charge in [0, 0.05) is 6.54 Å². The molecule has 0 bridgehead atoms. The van der Waals surface area contributed by atoms with Gasteiger partial charge in [0.25, 0.3) is 0 Å². The van der Waals surface area contributed by atoms with Crippen LogP contribution in [0.3, 0.4) is 0 Å². The first-order valence-electron chi connectivity index (χ1n) is 12.3. The number of aliphatic hydroxyl groups excluding tert-OH is 1. The Balaban J connectivity index is 1.31. The van der Waals surface area contributed by atoms with Crippen molar-refractivity contribution in [2.75, 3.05) is 12.3 Å². The van der Waals surface area contributed by atoms with Gasteiger partial charge in [-0.3, -0.25) is 13.6 Å². The fourth-order valence-electron chi connectivity index (χ4n) is 4.28. The predicted octanol–water partition coefficient (Wildman–Crippen LogP) is 2.09. The Kier molecular flexibility index (Phi) is 8.08. The first-order chi connectivity index (χ1) is 19.6. The smallest absolute Gasteiger partial charge is 0.390 e. The molecule has 0 aliphatic carbocycles. The number of nitrogens with zero attached hydrogens (tertiary/aromatic N) is 7. The Morgan fingerprint density at radius 3 is 2.73 bits per heavy atom. The summed E-state index contributed by atoms with van der Waals surface area (Å²) in [7, 11) is -2.73. The molecule has 1 aromatic carbocycles. The summed E-state index contributed by atoms with van der Waals surface area (Å²) in [5.74, 6) is 0.0293. The highest BCUT2D eigenvalue weighted by molar-refractivity contribution is 7.51. The summed E-state index contributed by atoms with van der Waals surface area (Å²) in [5, 5.41) is 24.5. The Bertz CT molecular complexity index is 1600. The van der Waals surface area contributed by atoms with Gasteiger partial charge in [0.15, 0.2) is 23.9 Å². The van der Waals surface area contributed by atoms with Crippen molar-refractivity contribution in [3.05, 3.63) is 70.1 Å². The van der Waals surface area contributed by atoms with E-state index in [1.54, 1.807) is 31.2 Å².